The van der Waals surface area contributed by atoms with Gasteiger partial charge in [0.05, 0.1) is 12.2 Å². The lowest BCUT2D eigenvalue weighted by Gasteiger charge is -2.31. The molecule has 2 fully saturated rings. The van der Waals surface area contributed by atoms with E-state index in [0.717, 1.165) is 12.6 Å². The predicted molar refractivity (Wildman–Crippen MR) is 59.6 cm³/mol. The first kappa shape index (κ1) is 11.1. The Bertz CT molecular complexity index is 420. The van der Waals surface area contributed by atoms with Crippen LogP contribution in [0.15, 0.2) is 18.2 Å². The van der Waals surface area contributed by atoms with Gasteiger partial charge in [-0.1, -0.05) is 12.1 Å². The zero-order chi connectivity index (χ0) is 11.8. The van der Waals surface area contributed by atoms with Crippen molar-refractivity contribution in [2.75, 3.05) is 13.1 Å². The maximum atomic E-state index is 13.6. The molecular weight excluding hydrogens is 224 g/mol. The summed E-state index contributed by atoms with van der Waals surface area (Å²) in [5.41, 5.74) is 0.322. The van der Waals surface area contributed by atoms with Crippen molar-refractivity contribution >= 4 is 0 Å². The van der Waals surface area contributed by atoms with Crippen molar-refractivity contribution in [3.8, 4) is 0 Å². The predicted octanol–water partition coefficient (Wildman–Crippen LogP) is 2.40. The molecular formula is C13H15F2NO. The number of halogens is 2. The van der Waals surface area contributed by atoms with E-state index in [4.69, 9.17) is 4.74 Å². The first-order valence-electron chi connectivity index (χ1n) is 6.06. The molecule has 2 nitrogen and oxygen atoms in total. The van der Waals surface area contributed by atoms with E-state index in [1.807, 2.05) is 0 Å². The second-order valence-electron chi connectivity index (χ2n) is 4.80. The van der Waals surface area contributed by atoms with E-state index < -0.39 is 11.6 Å². The Morgan fingerprint density at radius 3 is 2.76 bits per heavy atom. The largest absolute Gasteiger partial charge is 0.367 e. The summed E-state index contributed by atoms with van der Waals surface area (Å²) in [6, 6.07) is 4.26. The zero-order valence-corrected chi connectivity index (χ0v) is 9.46. The van der Waals surface area contributed by atoms with Crippen molar-refractivity contribution in [3.63, 3.8) is 0 Å². The maximum absolute atomic E-state index is 13.6. The van der Waals surface area contributed by atoms with Crippen LogP contribution < -0.4 is 5.32 Å². The Balaban J connectivity index is 1.80. The lowest BCUT2D eigenvalue weighted by atomic mass is 10.1. The Labute approximate surface area is 99.0 Å². The van der Waals surface area contributed by atoms with E-state index in [0.29, 0.717) is 18.0 Å². The number of ether oxygens (including phenoxy) is 1. The molecule has 1 heterocycles. The summed E-state index contributed by atoms with van der Waals surface area (Å²) < 4.78 is 32.7. The number of hydrogen-bond acceptors (Lipinski definition) is 2. The number of benzene rings is 1. The molecule has 17 heavy (non-hydrogen) atoms. The highest BCUT2D eigenvalue weighted by Crippen LogP contribution is 2.38. The lowest BCUT2D eigenvalue weighted by molar-refractivity contribution is -0.0510. The Morgan fingerprint density at radius 2 is 2.00 bits per heavy atom. The molecule has 1 saturated carbocycles. The molecule has 2 atom stereocenters. The molecule has 1 aromatic carbocycles. The highest BCUT2D eigenvalue weighted by molar-refractivity contribution is 5.22. The van der Waals surface area contributed by atoms with Crippen molar-refractivity contribution in [1.82, 2.24) is 5.32 Å². The fourth-order valence-electron chi connectivity index (χ4n) is 2.36. The second kappa shape index (κ2) is 4.35. The minimum Gasteiger partial charge on any atom is -0.367 e. The summed E-state index contributed by atoms with van der Waals surface area (Å²) in [6.45, 7) is 1.36. The molecule has 1 aliphatic carbocycles. The molecule has 1 saturated heterocycles. The Morgan fingerprint density at radius 1 is 1.18 bits per heavy atom. The minimum atomic E-state index is -0.806. The first-order valence-corrected chi connectivity index (χ1v) is 6.06. The summed E-state index contributed by atoms with van der Waals surface area (Å²) in [6.07, 6.45) is 2.15. The van der Waals surface area contributed by atoms with E-state index in [-0.39, 0.29) is 12.2 Å². The zero-order valence-electron chi connectivity index (χ0n) is 9.46. The molecule has 1 N–H and O–H groups in total. The van der Waals surface area contributed by atoms with Gasteiger partial charge in [0, 0.05) is 18.7 Å². The third kappa shape index (κ3) is 2.19. The van der Waals surface area contributed by atoms with Crippen molar-refractivity contribution in [1.29, 1.82) is 0 Å². The van der Waals surface area contributed by atoms with Crippen LogP contribution in [0.1, 0.15) is 24.5 Å². The average molecular weight is 239 g/mol. The van der Waals surface area contributed by atoms with Gasteiger partial charge in [-0.3, -0.25) is 0 Å². The molecule has 92 valence electrons. The number of hydrogen-bond donors (Lipinski definition) is 1. The van der Waals surface area contributed by atoms with Crippen molar-refractivity contribution in [2.24, 2.45) is 5.92 Å². The molecule has 2 aliphatic rings. The van der Waals surface area contributed by atoms with E-state index >= 15 is 0 Å². The van der Waals surface area contributed by atoms with Gasteiger partial charge in [0.15, 0.2) is 11.6 Å². The molecule has 0 amide bonds. The summed E-state index contributed by atoms with van der Waals surface area (Å²) in [4.78, 5) is 0. The van der Waals surface area contributed by atoms with Gasteiger partial charge in [0.2, 0.25) is 0 Å². The van der Waals surface area contributed by atoms with Gasteiger partial charge in [-0.05, 0) is 24.8 Å². The van der Waals surface area contributed by atoms with Crippen LogP contribution in [-0.4, -0.2) is 19.2 Å². The van der Waals surface area contributed by atoms with Crippen LogP contribution in [0.3, 0.4) is 0 Å². The van der Waals surface area contributed by atoms with E-state index in [2.05, 4.69) is 5.32 Å². The third-order valence-electron chi connectivity index (χ3n) is 3.49. The number of rotatable bonds is 2. The lowest BCUT2D eigenvalue weighted by Crippen LogP contribution is -2.41. The molecule has 0 radical (unpaired) electrons. The normalized spacial score (nSPS) is 29.3. The fraction of sp³-hybridized carbons (Fsp3) is 0.538. The van der Waals surface area contributed by atoms with Crippen molar-refractivity contribution in [3.05, 3.63) is 35.4 Å². The molecule has 1 aliphatic heterocycles. The van der Waals surface area contributed by atoms with Crippen LogP contribution in [0.25, 0.3) is 0 Å². The monoisotopic (exact) mass is 239 g/mol. The smallest absolute Gasteiger partial charge is 0.164 e. The average Bonchev–Trinajstić information content (AvgIpc) is 3.17. The molecule has 4 heteroatoms. The second-order valence-corrected chi connectivity index (χ2v) is 4.80. The fourth-order valence-corrected chi connectivity index (χ4v) is 2.36. The van der Waals surface area contributed by atoms with Gasteiger partial charge in [-0.25, -0.2) is 8.78 Å². The first-order chi connectivity index (χ1) is 8.25. The summed E-state index contributed by atoms with van der Waals surface area (Å²) >= 11 is 0. The molecule has 3 rings (SSSR count). The maximum Gasteiger partial charge on any atom is 0.164 e. The van der Waals surface area contributed by atoms with Crippen LogP contribution in [-0.2, 0) is 4.74 Å². The molecule has 0 spiro atoms. The van der Waals surface area contributed by atoms with E-state index in [1.54, 1.807) is 6.07 Å². The molecule has 2 unspecified atom stereocenters. The van der Waals surface area contributed by atoms with Gasteiger partial charge < -0.3 is 10.1 Å². The summed E-state index contributed by atoms with van der Waals surface area (Å²) in [5.74, 6) is -0.989. The van der Waals surface area contributed by atoms with Crippen LogP contribution in [0.4, 0.5) is 8.78 Å². The molecule has 1 aromatic rings. The van der Waals surface area contributed by atoms with E-state index in [1.165, 1.54) is 18.9 Å². The molecule has 0 bridgehead atoms. The summed E-state index contributed by atoms with van der Waals surface area (Å²) in [5, 5.41) is 3.24. The Hall–Kier alpha value is -1.00. The standard InChI is InChI=1S/C13H15F2NO/c14-10-3-1-2-9(13(10)15)12-7-16-6-11(17-12)8-4-5-8/h1-3,8,11-12,16H,4-7H2. The number of morpholine rings is 1. The van der Waals surface area contributed by atoms with Crippen LogP contribution in [0.2, 0.25) is 0 Å². The SMILES string of the molecule is Fc1cccc(C2CNCC(C3CC3)O2)c1F. The highest BCUT2D eigenvalue weighted by atomic mass is 19.2. The third-order valence-corrected chi connectivity index (χ3v) is 3.49. The van der Waals surface area contributed by atoms with Gasteiger partial charge in [0.1, 0.15) is 0 Å². The van der Waals surface area contributed by atoms with Crippen LogP contribution in [0, 0.1) is 17.6 Å². The quantitative estimate of drug-likeness (QED) is 0.855. The van der Waals surface area contributed by atoms with Crippen molar-refractivity contribution < 1.29 is 13.5 Å². The van der Waals surface area contributed by atoms with Crippen molar-refractivity contribution in [2.45, 2.75) is 25.0 Å². The minimum absolute atomic E-state index is 0.149. The van der Waals surface area contributed by atoms with Crippen LogP contribution in [0.5, 0.6) is 0 Å². The van der Waals surface area contributed by atoms with Gasteiger partial charge >= 0.3 is 0 Å². The van der Waals surface area contributed by atoms with Gasteiger partial charge in [0.25, 0.3) is 0 Å². The van der Waals surface area contributed by atoms with Crippen LogP contribution >= 0.6 is 0 Å². The summed E-state index contributed by atoms with van der Waals surface area (Å²) in [7, 11) is 0. The number of nitrogens with one attached hydrogen (secondary N) is 1. The van der Waals surface area contributed by atoms with E-state index in [9.17, 15) is 8.78 Å². The van der Waals surface area contributed by atoms with Gasteiger partial charge in [-0.15, -0.1) is 0 Å². The molecule has 0 aromatic heterocycles. The Kier molecular flexibility index (Phi) is 2.84. The van der Waals surface area contributed by atoms with Gasteiger partial charge in [-0.2, -0.15) is 0 Å². The topological polar surface area (TPSA) is 21.3 Å². The highest BCUT2D eigenvalue weighted by Gasteiger charge is 2.36.